The molecule has 1 aliphatic rings. The van der Waals surface area contributed by atoms with E-state index >= 15 is 0 Å². The number of imidazole rings is 1. The van der Waals surface area contributed by atoms with Gasteiger partial charge in [0, 0.05) is 50.2 Å². The van der Waals surface area contributed by atoms with Gasteiger partial charge in [0.2, 0.25) is 5.91 Å². The highest BCUT2D eigenvalue weighted by Crippen LogP contribution is 2.23. The summed E-state index contributed by atoms with van der Waals surface area (Å²) in [7, 11) is 0. The number of carbonyl (C=O) groups excluding carboxylic acids is 1. The Hall–Kier alpha value is -2.17. The Labute approximate surface area is 143 Å². The van der Waals surface area contributed by atoms with Crippen molar-refractivity contribution < 1.29 is 4.79 Å². The van der Waals surface area contributed by atoms with E-state index in [2.05, 4.69) is 27.7 Å². The minimum Gasteiger partial charge on any atom is -0.341 e. The Balaban J connectivity index is 1.51. The molecular formula is C19H26N4O. The predicted octanol–water partition coefficient (Wildman–Crippen LogP) is 3.03. The van der Waals surface area contributed by atoms with Gasteiger partial charge in [-0.1, -0.05) is 13.0 Å². The third-order valence-electron chi connectivity index (χ3n) is 4.76. The molecule has 1 amide bonds. The van der Waals surface area contributed by atoms with Gasteiger partial charge in [-0.15, -0.1) is 0 Å². The average molecular weight is 326 g/mol. The second-order valence-electron chi connectivity index (χ2n) is 6.41. The SMILES string of the molecule is CCc1nccn1[C@H]1CCCN(C(=O)CCCc2ccccn2)C1. The number of aromatic nitrogens is 3. The number of amides is 1. The van der Waals surface area contributed by atoms with Crippen LogP contribution in [-0.4, -0.2) is 38.4 Å². The van der Waals surface area contributed by atoms with Crippen LogP contribution in [0.1, 0.15) is 50.2 Å². The quantitative estimate of drug-likeness (QED) is 0.820. The highest BCUT2D eigenvalue weighted by atomic mass is 16.2. The molecule has 1 atom stereocenters. The third kappa shape index (κ3) is 4.02. The third-order valence-corrected chi connectivity index (χ3v) is 4.76. The van der Waals surface area contributed by atoms with Gasteiger partial charge in [-0.05, 0) is 37.8 Å². The number of likely N-dealkylation sites (tertiary alicyclic amines) is 1. The Bertz CT molecular complexity index is 652. The molecule has 5 nitrogen and oxygen atoms in total. The molecule has 5 heteroatoms. The van der Waals surface area contributed by atoms with Crippen molar-refractivity contribution in [3.05, 3.63) is 48.3 Å². The first-order chi connectivity index (χ1) is 11.8. The summed E-state index contributed by atoms with van der Waals surface area (Å²) in [6, 6.07) is 6.31. The normalized spacial score (nSPS) is 17.9. The maximum Gasteiger partial charge on any atom is 0.222 e. The maximum absolute atomic E-state index is 12.5. The highest BCUT2D eigenvalue weighted by molar-refractivity contribution is 5.76. The molecule has 2 aromatic rings. The molecule has 1 saturated heterocycles. The van der Waals surface area contributed by atoms with Crippen molar-refractivity contribution >= 4 is 5.91 Å². The molecular weight excluding hydrogens is 300 g/mol. The van der Waals surface area contributed by atoms with Crippen LogP contribution in [0, 0.1) is 0 Å². The lowest BCUT2D eigenvalue weighted by Gasteiger charge is -2.34. The van der Waals surface area contributed by atoms with Gasteiger partial charge in [0.15, 0.2) is 0 Å². The van der Waals surface area contributed by atoms with E-state index in [9.17, 15) is 4.79 Å². The Morgan fingerprint density at radius 2 is 2.21 bits per heavy atom. The molecule has 3 rings (SSSR count). The van der Waals surface area contributed by atoms with Crippen LogP contribution in [0.5, 0.6) is 0 Å². The van der Waals surface area contributed by atoms with Gasteiger partial charge in [0.1, 0.15) is 5.82 Å². The summed E-state index contributed by atoms with van der Waals surface area (Å²) < 4.78 is 2.26. The first kappa shape index (κ1) is 16.7. The molecule has 0 saturated carbocycles. The fraction of sp³-hybridized carbons (Fsp3) is 0.526. The summed E-state index contributed by atoms with van der Waals surface area (Å²) >= 11 is 0. The number of pyridine rings is 1. The first-order valence-corrected chi connectivity index (χ1v) is 8.97. The summed E-state index contributed by atoms with van der Waals surface area (Å²) in [6.07, 6.45) is 11.2. The smallest absolute Gasteiger partial charge is 0.222 e. The summed E-state index contributed by atoms with van der Waals surface area (Å²) in [5.74, 6) is 1.39. The number of hydrogen-bond acceptors (Lipinski definition) is 3. The molecule has 2 aromatic heterocycles. The van der Waals surface area contributed by atoms with Crippen LogP contribution < -0.4 is 0 Å². The lowest BCUT2D eigenvalue weighted by Crippen LogP contribution is -2.40. The van der Waals surface area contributed by atoms with E-state index in [1.807, 2.05) is 35.5 Å². The van der Waals surface area contributed by atoms with E-state index in [0.29, 0.717) is 12.5 Å². The molecule has 0 N–H and O–H groups in total. The second kappa shape index (κ2) is 8.08. The molecule has 0 aromatic carbocycles. The number of aryl methyl sites for hydroxylation is 2. The van der Waals surface area contributed by atoms with Crippen LogP contribution in [0.4, 0.5) is 0 Å². The summed E-state index contributed by atoms with van der Waals surface area (Å²) in [6.45, 7) is 3.82. The molecule has 0 spiro atoms. The fourth-order valence-electron chi connectivity index (χ4n) is 3.48. The van der Waals surface area contributed by atoms with Crippen molar-refractivity contribution in [1.82, 2.24) is 19.4 Å². The molecule has 128 valence electrons. The van der Waals surface area contributed by atoms with Crippen molar-refractivity contribution in [3.8, 4) is 0 Å². The van der Waals surface area contributed by atoms with E-state index < -0.39 is 0 Å². The Morgan fingerprint density at radius 1 is 1.29 bits per heavy atom. The molecule has 3 heterocycles. The van der Waals surface area contributed by atoms with Crippen LogP contribution in [0.3, 0.4) is 0 Å². The molecule has 0 aliphatic carbocycles. The monoisotopic (exact) mass is 326 g/mol. The van der Waals surface area contributed by atoms with Gasteiger partial charge in [-0.2, -0.15) is 0 Å². The lowest BCUT2D eigenvalue weighted by atomic mass is 10.0. The Morgan fingerprint density at radius 3 is 3.00 bits per heavy atom. The predicted molar refractivity (Wildman–Crippen MR) is 93.6 cm³/mol. The first-order valence-electron chi connectivity index (χ1n) is 8.97. The van der Waals surface area contributed by atoms with Crippen molar-refractivity contribution in [2.24, 2.45) is 0 Å². The largest absolute Gasteiger partial charge is 0.341 e. The van der Waals surface area contributed by atoms with Gasteiger partial charge in [-0.3, -0.25) is 9.78 Å². The van der Waals surface area contributed by atoms with Crippen molar-refractivity contribution in [1.29, 1.82) is 0 Å². The molecule has 1 aliphatic heterocycles. The number of hydrogen-bond donors (Lipinski definition) is 0. The van der Waals surface area contributed by atoms with Gasteiger partial charge < -0.3 is 9.47 Å². The van der Waals surface area contributed by atoms with Gasteiger partial charge in [0.25, 0.3) is 0 Å². The molecule has 0 radical (unpaired) electrons. The lowest BCUT2D eigenvalue weighted by molar-refractivity contribution is -0.132. The number of nitrogens with zero attached hydrogens (tertiary/aromatic N) is 4. The summed E-state index contributed by atoms with van der Waals surface area (Å²) in [5.41, 5.74) is 1.06. The van der Waals surface area contributed by atoms with Gasteiger partial charge in [-0.25, -0.2) is 4.98 Å². The van der Waals surface area contributed by atoms with Crippen molar-refractivity contribution in [2.75, 3.05) is 13.1 Å². The minimum atomic E-state index is 0.272. The van der Waals surface area contributed by atoms with E-state index in [4.69, 9.17) is 0 Å². The van der Waals surface area contributed by atoms with Crippen LogP contribution in [0.25, 0.3) is 0 Å². The Kier molecular flexibility index (Phi) is 5.62. The minimum absolute atomic E-state index is 0.272. The number of carbonyl (C=O) groups is 1. The molecule has 24 heavy (non-hydrogen) atoms. The van der Waals surface area contributed by atoms with E-state index in [-0.39, 0.29) is 5.91 Å². The van der Waals surface area contributed by atoms with Crippen LogP contribution >= 0.6 is 0 Å². The van der Waals surface area contributed by atoms with Crippen LogP contribution in [0.15, 0.2) is 36.8 Å². The highest BCUT2D eigenvalue weighted by Gasteiger charge is 2.25. The van der Waals surface area contributed by atoms with E-state index in [0.717, 1.165) is 56.7 Å². The molecule has 1 fully saturated rings. The van der Waals surface area contributed by atoms with Gasteiger partial charge >= 0.3 is 0 Å². The van der Waals surface area contributed by atoms with Crippen LogP contribution in [0.2, 0.25) is 0 Å². The summed E-state index contributed by atoms with van der Waals surface area (Å²) in [4.78, 5) is 23.3. The average Bonchev–Trinajstić information content (AvgIpc) is 3.11. The number of piperidine rings is 1. The topological polar surface area (TPSA) is 51.0 Å². The van der Waals surface area contributed by atoms with Gasteiger partial charge in [0.05, 0.1) is 6.04 Å². The van der Waals surface area contributed by atoms with Crippen molar-refractivity contribution in [3.63, 3.8) is 0 Å². The van der Waals surface area contributed by atoms with Crippen molar-refractivity contribution in [2.45, 2.75) is 51.5 Å². The maximum atomic E-state index is 12.5. The second-order valence-corrected chi connectivity index (χ2v) is 6.41. The zero-order chi connectivity index (χ0) is 16.8. The summed E-state index contributed by atoms with van der Waals surface area (Å²) in [5, 5.41) is 0. The zero-order valence-corrected chi connectivity index (χ0v) is 14.4. The van der Waals surface area contributed by atoms with E-state index in [1.54, 1.807) is 0 Å². The molecule has 0 bridgehead atoms. The fourth-order valence-corrected chi connectivity index (χ4v) is 3.48. The molecule has 0 unspecified atom stereocenters. The van der Waals surface area contributed by atoms with Crippen LogP contribution in [-0.2, 0) is 17.6 Å². The number of rotatable bonds is 6. The van der Waals surface area contributed by atoms with E-state index in [1.165, 1.54) is 0 Å². The standard InChI is InChI=1S/C19H26N4O/c1-2-18-21-12-14-23(18)17-9-6-13-22(15-17)19(24)10-5-8-16-7-3-4-11-20-16/h3-4,7,11-12,14,17H,2,5-6,8-10,13,15H2,1H3/t17-/m0/s1. The zero-order valence-electron chi connectivity index (χ0n) is 14.4.